The number of nitrogens with two attached hydrogens (primary N) is 1. The number of nitrogens with one attached hydrogen (secondary N) is 1. The topological polar surface area (TPSA) is 143 Å². The molecule has 0 saturated heterocycles. The van der Waals surface area contributed by atoms with Gasteiger partial charge in [0.1, 0.15) is 11.9 Å². The van der Waals surface area contributed by atoms with Gasteiger partial charge in [-0.05, 0) is 17.7 Å². The summed E-state index contributed by atoms with van der Waals surface area (Å²) in [6.07, 6.45) is -3.73. The monoisotopic (exact) mass is 470 g/mol. The fraction of sp³-hybridized carbons (Fsp3) is 0.333. The average Bonchev–Trinajstić information content (AvgIpc) is 3.35. The first-order valence-corrected chi connectivity index (χ1v) is 9.46. The van der Waals surface area contributed by atoms with E-state index in [4.69, 9.17) is 5.73 Å². The Kier molecular flexibility index (Phi) is 7.20. The molecule has 1 atom stereocenters. The molecule has 15 heteroatoms. The molecular formula is C18H18F4N8O3. The lowest BCUT2D eigenvalue weighted by atomic mass is 10.1. The lowest BCUT2D eigenvalue weighted by Gasteiger charge is -2.09. The Morgan fingerprint density at radius 1 is 1.15 bits per heavy atom. The lowest BCUT2D eigenvalue weighted by Crippen LogP contribution is -2.18. The van der Waals surface area contributed by atoms with Crippen molar-refractivity contribution in [2.75, 3.05) is 5.32 Å². The van der Waals surface area contributed by atoms with E-state index in [1.165, 1.54) is 29.2 Å². The summed E-state index contributed by atoms with van der Waals surface area (Å²) in [5.41, 5.74) is 5.29. The Bertz CT molecular complexity index is 1110. The van der Waals surface area contributed by atoms with Gasteiger partial charge in [0.25, 0.3) is 5.91 Å². The molecule has 0 saturated carbocycles. The second kappa shape index (κ2) is 10.1. The average molecular weight is 470 g/mol. The Morgan fingerprint density at radius 3 is 2.61 bits per heavy atom. The van der Waals surface area contributed by atoms with Crippen molar-refractivity contribution in [3.8, 4) is 5.75 Å². The van der Waals surface area contributed by atoms with Crippen LogP contribution < -0.4 is 15.8 Å². The second-order valence-corrected chi connectivity index (χ2v) is 6.86. The van der Waals surface area contributed by atoms with Crippen molar-refractivity contribution in [1.29, 1.82) is 0 Å². The van der Waals surface area contributed by atoms with Crippen molar-refractivity contribution in [1.82, 2.24) is 30.0 Å². The zero-order valence-electron chi connectivity index (χ0n) is 16.9. The molecule has 1 aromatic carbocycles. The van der Waals surface area contributed by atoms with Crippen LogP contribution in [0.4, 0.5) is 23.4 Å². The number of alkyl halides is 4. The van der Waals surface area contributed by atoms with Crippen molar-refractivity contribution >= 4 is 17.6 Å². The van der Waals surface area contributed by atoms with Gasteiger partial charge < -0.3 is 15.8 Å². The third-order valence-electron chi connectivity index (χ3n) is 4.15. The zero-order chi connectivity index (χ0) is 24.0. The van der Waals surface area contributed by atoms with Crippen LogP contribution in [0, 0.1) is 0 Å². The van der Waals surface area contributed by atoms with Crippen LogP contribution in [0.15, 0.2) is 36.7 Å². The van der Waals surface area contributed by atoms with E-state index in [1.54, 1.807) is 0 Å². The zero-order valence-corrected chi connectivity index (χ0v) is 16.9. The van der Waals surface area contributed by atoms with Gasteiger partial charge in [0.2, 0.25) is 5.91 Å². The molecular weight excluding hydrogens is 452 g/mol. The highest BCUT2D eigenvalue weighted by Crippen LogP contribution is 2.23. The van der Waals surface area contributed by atoms with Crippen LogP contribution in [0.1, 0.15) is 22.5 Å². The maximum Gasteiger partial charge on any atom is 0.573 e. The first-order valence-electron chi connectivity index (χ1n) is 9.46. The van der Waals surface area contributed by atoms with E-state index in [-0.39, 0.29) is 37.4 Å². The number of primary amides is 1. The highest BCUT2D eigenvalue weighted by atomic mass is 19.4. The molecule has 0 fully saturated rings. The van der Waals surface area contributed by atoms with E-state index in [0.29, 0.717) is 5.56 Å². The van der Waals surface area contributed by atoms with E-state index in [0.717, 1.165) is 16.8 Å². The van der Waals surface area contributed by atoms with Gasteiger partial charge in [-0.15, -0.1) is 23.4 Å². The number of carbonyl (C=O) groups is 2. The van der Waals surface area contributed by atoms with Crippen molar-refractivity contribution in [3.63, 3.8) is 0 Å². The predicted octanol–water partition coefficient (Wildman–Crippen LogP) is 1.48. The summed E-state index contributed by atoms with van der Waals surface area (Å²) in [5.74, 6) is -1.64. The predicted molar refractivity (Wildman–Crippen MR) is 104 cm³/mol. The molecule has 0 aliphatic carbocycles. The summed E-state index contributed by atoms with van der Waals surface area (Å²) in [6.45, 7) is -0.00603. The molecule has 176 valence electrons. The first kappa shape index (κ1) is 23.6. The van der Waals surface area contributed by atoms with Crippen molar-refractivity contribution in [3.05, 3.63) is 47.9 Å². The van der Waals surface area contributed by atoms with Crippen LogP contribution in [-0.2, 0) is 24.3 Å². The molecule has 2 amide bonds. The van der Waals surface area contributed by atoms with Gasteiger partial charge in [0, 0.05) is 13.0 Å². The van der Waals surface area contributed by atoms with E-state index in [9.17, 15) is 27.2 Å². The van der Waals surface area contributed by atoms with Crippen LogP contribution in [0.5, 0.6) is 5.75 Å². The fourth-order valence-corrected chi connectivity index (χ4v) is 2.76. The fourth-order valence-electron chi connectivity index (χ4n) is 2.76. The number of amides is 2. The summed E-state index contributed by atoms with van der Waals surface area (Å²) in [5, 5.41) is 17.1. The highest BCUT2D eigenvalue weighted by molar-refractivity contribution is 5.91. The van der Waals surface area contributed by atoms with Crippen molar-refractivity contribution in [2.24, 2.45) is 5.73 Å². The number of benzene rings is 1. The molecule has 11 nitrogen and oxygen atoms in total. The Hall–Kier alpha value is -4.04. The van der Waals surface area contributed by atoms with Crippen LogP contribution in [0.3, 0.4) is 0 Å². The summed E-state index contributed by atoms with van der Waals surface area (Å²) in [6, 6.07) is 5.04. The minimum atomic E-state index is -4.83. The van der Waals surface area contributed by atoms with E-state index in [2.05, 4.69) is 30.7 Å². The minimum absolute atomic E-state index is 0.0362. The molecule has 0 radical (unpaired) electrons. The van der Waals surface area contributed by atoms with Gasteiger partial charge in [-0.25, -0.2) is 9.07 Å². The van der Waals surface area contributed by atoms with Gasteiger partial charge >= 0.3 is 6.36 Å². The number of aromatic nitrogens is 6. The summed E-state index contributed by atoms with van der Waals surface area (Å²) < 4.78 is 57.4. The molecule has 0 aliphatic heterocycles. The summed E-state index contributed by atoms with van der Waals surface area (Å²) in [7, 11) is 0. The molecule has 0 aliphatic rings. The molecule has 2 heterocycles. The first-order chi connectivity index (χ1) is 15.6. The number of ether oxygens (including phenoxy) is 1. The quantitative estimate of drug-likeness (QED) is 0.427. The van der Waals surface area contributed by atoms with Crippen LogP contribution in [0.25, 0.3) is 0 Å². The maximum atomic E-state index is 14.2. The molecule has 3 aromatic rings. The molecule has 1 unspecified atom stereocenters. The van der Waals surface area contributed by atoms with Crippen LogP contribution in [-0.4, -0.2) is 54.3 Å². The number of hydrogen-bond donors (Lipinski definition) is 2. The smallest absolute Gasteiger partial charge is 0.406 e. The molecule has 3 N–H and O–H groups in total. The largest absolute Gasteiger partial charge is 0.573 e. The third-order valence-corrected chi connectivity index (χ3v) is 4.15. The van der Waals surface area contributed by atoms with Gasteiger partial charge in [-0.1, -0.05) is 22.6 Å². The number of rotatable bonds is 10. The van der Waals surface area contributed by atoms with E-state index >= 15 is 0 Å². The Balaban J connectivity index is 1.46. The number of hydrogen-bond acceptors (Lipinski definition) is 7. The number of aryl methyl sites for hydroxylation is 1. The molecule has 3 rings (SSSR count). The normalized spacial score (nSPS) is 12.4. The molecule has 33 heavy (non-hydrogen) atoms. The van der Waals surface area contributed by atoms with Crippen molar-refractivity contribution in [2.45, 2.75) is 38.5 Å². The van der Waals surface area contributed by atoms with E-state index < -0.39 is 30.1 Å². The van der Waals surface area contributed by atoms with Crippen molar-refractivity contribution < 1.29 is 31.9 Å². The third kappa shape index (κ3) is 7.55. The van der Waals surface area contributed by atoms with E-state index in [1.807, 2.05) is 0 Å². The Labute approximate surface area is 183 Å². The van der Waals surface area contributed by atoms with Gasteiger partial charge in [0.15, 0.2) is 11.5 Å². The van der Waals surface area contributed by atoms with Crippen LogP contribution >= 0.6 is 0 Å². The molecule has 2 aromatic heterocycles. The number of carbonyl (C=O) groups excluding carboxylic acids is 2. The summed E-state index contributed by atoms with van der Waals surface area (Å²) >= 11 is 0. The standard InChI is InChI=1S/C18H18F4N8O3/c19-12(8-30-9-14(17(23)32)25-27-30)4-5-29-10-15(26-28-29)24-16(31)7-11-2-1-3-13(6-11)33-18(20,21)22/h1-3,6,9-10,12H,4-5,7-8H2,(H2,23,32)(H,24,31). The molecule has 0 bridgehead atoms. The van der Waals surface area contributed by atoms with Gasteiger partial charge in [0.05, 0.1) is 25.4 Å². The SMILES string of the molecule is NC(=O)c1cn(CC(F)CCn2cc(NC(=O)Cc3cccc(OC(F)(F)F)c3)nn2)nn1. The summed E-state index contributed by atoms with van der Waals surface area (Å²) in [4.78, 5) is 23.1. The second-order valence-electron chi connectivity index (χ2n) is 6.86. The molecule has 0 spiro atoms. The van der Waals surface area contributed by atoms with Gasteiger partial charge in [-0.3, -0.25) is 14.3 Å². The lowest BCUT2D eigenvalue weighted by molar-refractivity contribution is -0.274. The van der Waals surface area contributed by atoms with Gasteiger partial charge in [-0.2, -0.15) is 0 Å². The number of anilines is 1. The minimum Gasteiger partial charge on any atom is -0.406 e. The number of halogens is 4. The maximum absolute atomic E-state index is 14.2. The highest BCUT2D eigenvalue weighted by Gasteiger charge is 2.31. The van der Waals surface area contributed by atoms with Crippen LogP contribution in [0.2, 0.25) is 0 Å². The number of nitrogens with zero attached hydrogens (tertiary/aromatic N) is 6. The Morgan fingerprint density at radius 2 is 1.91 bits per heavy atom.